The van der Waals surface area contributed by atoms with E-state index in [4.69, 9.17) is 0 Å². The van der Waals surface area contributed by atoms with Crippen molar-refractivity contribution in [3.63, 3.8) is 0 Å². The third-order valence-corrected chi connectivity index (χ3v) is 6.28. The first-order chi connectivity index (χ1) is 11.4. The van der Waals surface area contributed by atoms with Gasteiger partial charge in [-0.25, -0.2) is 8.42 Å². The van der Waals surface area contributed by atoms with Crippen molar-refractivity contribution in [2.75, 3.05) is 5.75 Å². The predicted molar refractivity (Wildman–Crippen MR) is 93.6 cm³/mol. The van der Waals surface area contributed by atoms with Gasteiger partial charge >= 0.3 is 0 Å². The molecule has 1 atom stereocenters. The van der Waals surface area contributed by atoms with Crippen molar-refractivity contribution in [2.45, 2.75) is 37.6 Å². The lowest BCUT2D eigenvalue weighted by Crippen LogP contribution is -2.29. The molecule has 4 nitrogen and oxygen atoms in total. The van der Waals surface area contributed by atoms with E-state index in [0.29, 0.717) is 23.3 Å². The molecule has 24 heavy (non-hydrogen) atoms. The van der Waals surface area contributed by atoms with Crippen LogP contribution in [-0.4, -0.2) is 20.1 Å². The Labute approximate surface area is 142 Å². The summed E-state index contributed by atoms with van der Waals surface area (Å²) in [5.74, 6) is -0.173. The lowest BCUT2D eigenvalue weighted by atomic mass is 10.0. The first-order valence-corrected chi connectivity index (χ1v) is 9.69. The number of benzene rings is 2. The Balaban J connectivity index is 1.66. The quantitative estimate of drug-likeness (QED) is 0.928. The van der Waals surface area contributed by atoms with Crippen LogP contribution < -0.4 is 5.32 Å². The number of hydrogen-bond acceptors (Lipinski definition) is 3. The Morgan fingerprint density at radius 3 is 2.67 bits per heavy atom. The molecule has 0 fully saturated rings. The summed E-state index contributed by atoms with van der Waals surface area (Å²) in [7, 11) is -3.29. The third-order valence-electron chi connectivity index (χ3n) is 4.47. The van der Waals surface area contributed by atoms with E-state index in [1.54, 1.807) is 24.3 Å². The maximum atomic E-state index is 12.3. The van der Waals surface area contributed by atoms with Gasteiger partial charge in [0.1, 0.15) is 0 Å². The molecule has 3 rings (SSSR count). The van der Waals surface area contributed by atoms with Crippen LogP contribution in [0.5, 0.6) is 0 Å². The highest BCUT2D eigenvalue weighted by molar-refractivity contribution is 7.91. The van der Waals surface area contributed by atoms with E-state index in [9.17, 15) is 13.2 Å². The van der Waals surface area contributed by atoms with Crippen molar-refractivity contribution in [1.82, 2.24) is 5.32 Å². The van der Waals surface area contributed by atoms with Crippen LogP contribution in [0.2, 0.25) is 0 Å². The molecule has 1 N–H and O–H groups in total. The maximum Gasteiger partial charge on any atom is 0.220 e. The lowest BCUT2D eigenvalue weighted by Gasteiger charge is -2.13. The number of nitrogens with one attached hydrogen (secondary N) is 1. The lowest BCUT2D eigenvalue weighted by molar-refractivity contribution is -0.121. The highest BCUT2D eigenvalue weighted by Gasteiger charge is 2.34. The number of aryl methyl sites for hydroxylation is 3. The van der Waals surface area contributed by atoms with Crippen molar-refractivity contribution in [3.05, 3.63) is 64.7 Å². The molecule has 2 aromatic carbocycles. The minimum absolute atomic E-state index is 0.0539. The Kier molecular flexibility index (Phi) is 4.45. The van der Waals surface area contributed by atoms with Crippen molar-refractivity contribution >= 4 is 15.7 Å². The fraction of sp³-hybridized carbons (Fsp3) is 0.316. The molecule has 0 radical (unpaired) electrons. The molecule has 5 heteroatoms. The maximum absolute atomic E-state index is 12.3. The minimum atomic E-state index is -3.29. The first-order valence-electron chi connectivity index (χ1n) is 8.04. The molecule has 1 unspecified atom stereocenters. The number of sulfone groups is 1. The monoisotopic (exact) mass is 343 g/mol. The normalized spacial score (nSPS) is 18.2. The van der Waals surface area contributed by atoms with E-state index in [-0.39, 0.29) is 11.7 Å². The van der Waals surface area contributed by atoms with Crippen molar-refractivity contribution in [2.24, 2.45) is 0 Å². The Morgan fingerprint density at radius 1 is 1.17 bits per heavy atom. The van der Waals surface area contributed by atoms with Crippen LogP contribution in [0.15, 0.2) is 47.4 Å². The predicted octanol–water partition coefficient (Wildman–Crippen LogP) is 2.88. The average molecular weight is 343 g/mol. The fourth-order valence-electron chi connectivity index (χ4n) is 3.21. The number of carbonyl (C=O) groups is 1. The van der Waals surface area contributed by atoms with Crippen LogP contribution in [-0.2, 0) is 21.1 Å². The summed E-state index contributed by atoms with van der Waals surface area (Å²) in [5, 5.41) is 2.87. The van der Waals surface area contributed by atoms with E-state index in [0.717, 1.165) is 5.56 Å². The molecule has 2 aromatic rings. The summed E-state index contributed by atoms with van der Waals surface area (Å²) in [6, 6.07) is 12.6. The van der Waals surface area contributed by atoms with Crippen molar-refractivity contribution < 1.29 is 13.2 Å². The second-order valence-corrected chi connectivity index (χ2v) is 8.37. The van der Waals surface area contributed by atoms with Gasteiger partial charge < -0.3 is 5.32 Å². The molecule has 1 amide bonds. The number of fused-ring (bicyclic) bond motifs is 1. The second-order valence-electron chi connectivity index (χ2n) is 6.37. The third kappa shape index (κ3) is 3.36. The van der Waals surface area contributed by atoms with Gasteiger partial charge in [-0.15, -0.1) is 0 Å². The second kappa shape index (κ2) is 6.40. The van der Waals surface area contributed by atoms with Gasteiger partial charge in [-0.05, 0) is 43.0 Å². The van der Waals surface area contributed by atoms with Crippen LogP contribution in [0, 0.1) is 13.8 Å². The van der Waals surface area contributed by atoms with Gasteiger partial charge in [-0.3, -0.25) is 4.79 Å². The number of rotatable bonds is 4. The van der Waals surface area contributed by atoms with Crippen LogP contribution in [0.3, 0.4) is 0 Å². The molecule has 0 saturated carbocycles. The molecule has 1 aliphatic rings. The molecule has 126 valence electrons. The number of hydrogen-bond donors (Lipinski definition) is 1. The topological polar surface area (TPSA) is 63.2 Å². The van der Waals surface area contributed by atoms with Crippen LogP contribution >= 0.6 is 0 Å². The molecule has 0 aromatic heterocycles. The zero-order chi connectivity index (χ0) is 17.3. The van der Waals surface area contributed by atoms with Gasteiger partial charge in [0.05, 0.1) is 16.7 Å². The van der Waals surface area contributed by atoms with Gasteiger partial charge in [-0.2, -0.15) is 0 Å². The van der Waals surface area contributed by atoms with Crippen LogP contribution in [0.25, 0.3) is 0 Å². The molecular formula is C19H21NO3S. The molecule has 1 heterocycles. The first kappa shape index (κ1) is 16.7. The SMILES string of the molecule is Cc1ccc(CCC(=O)NC2CS(=O)(=O)c3ccccc32)c(C)c1. The van der Waals surface area contributed by atoms with E-state index in [1.165, 1.54) is 11.1 Å². The van der Waals surface area contributed by atoms with Crippen molar-refractivity contribution in [3.8, 4) is 0 Å². The zero-order valence-corrected chi connectivity index (χ0v) is 14.7. The van der Waals surface area contributed by atoms with Gasteiger partial charge in [0.15, 0.2) is 9.84 Å². The van der Waals surface area contributed by atoms with Gasteiger partial charge in [0.2, 0.25) is 5.91 Å². The summed E-state index contributed by atoms with van der Waals surface area (Å²) in [4.78, 5) is 12.6. The molecule has 0 spiro atoms. The summed E-state index contributed by atoms with van der Waals surface area (Å²) in [6.45, 7) is 4.08. The molecular weight excluding hydrogens is 322 g/mol. The highest BCUT2D eigenvalue weighted by Crippen LogP contribution is 2.33. The van der Waals surface area contributed by atoms with Gasteiger partial charge in [0, 0.05) is 6.42 Å². The minimum Gasteiger partial charge on any atom is -0.348 e. The summed E-state index contributed by atoms with van der Waals surface area (Å²) in [6.07, 6.45) is 1.00. The van der Waals surface area contributed by atoms with Crippen molar-refractivity contribution in [1.29, 1.82) is 0 Å². The fourth-order valence-corrected chi connectivity index (χ4v) is 4.95. The van der Waals surface area contributed by atoms with E-state index in [2.05, 4.69) is 11.4 Å². The Morgan fingerprint density at radius 2 is 1.92 bits per heavy atom. The Hall–Kier alpha value is -2.14. The van der Waals surface area contributed by atoms with Gasteiger partial charge in [0.25, 0.3) is 0 Å². The summed E-state index contributed by atoms with van der Waals surface area (Å²) >= 11 is 0. The smallest absolute Gasteiger partial charge is 0.220 e. The standard InChI is InChI=1S/C19H21NO3S/c1-13-7-8-15(14(2)11-13)9-10-19(21)20-17-12-24(22,23)18-6-4-3-5-16(17)18/h3-8,11,17H,9-10,12H2,1-2H3,(H,20,21). The largest absolute Gasteiger partial charge is 0.348 e. The molecule has 0 aliphatic carbocycles. The zero-order valence-electron chi connectivity index (χ0n) is 13.9. The number of carbonyl (C=O) groups excluding carboxylic acids is 1. The molecule has 0 bridgehead atoms. The summed E-state index contributed by atoms with van der Waals surface area (Å²) < 4.78 is 24.3. The number of amides is 1. The highest BCUT2D eigenvalue weighted by atomic mass is 32.2. The Bertz CT molecular complexity index is 887. The van der Waals surface area contributed by atoms with E-state index >= 15 is 0 Å². The summed E-state index contributed by atoms with van der Waals surface area (Å²) in [5.41, 5.74) is 4.22. The average Bonchev–Trinajstić information content (AvgIpc) is 2.78. The van der Waals surface area contributed by atoms with Gasteiger partial charge in [-0.1, -0.05) is 42.0 Å². The van der Waals surface area contributed by atoms with E-state index in [1.807, 2.05) is 26.0 Å². The van der Waals surface area contributed by atoms with Crippen LogP contribution in [0.4, 0.5) is 0 Å². The molecule has 0 saturated heterocycles. The van der Waals surface area contributed by atoms with Crippen LogP contribution in [0.1, 0.15) is 34.7 Å². The molecule has 1 aliphatic heterocycles. The van der Waals surface area contributed by atoms with E-state index < -0.39 is 15.9 Å².